The molecule has 0 radical (unpaired) electrons. The molecule has 4 aliphatic rings. The van der Waals surface area contributed by atoms with Gasteiger partial charge in [-0.05, 0) is 122 Å². The van der Waals surface area contributed by atoms with E-state index in [1.165, 1.54) is 65.4 Å². The van der Waals surface area contributed by atoms with Crippen LogP contribution >= 0.6 is 11.8 Å². The van der Waals surface area contributed by atoms with Crippen LogP contribution in [0.4, 0.5) is 17.1 Å². The van der Waals surface area contributed by atoms with Crippen molar-refractivity contribution in [3.05, 3.63) is 269 Å². The molecule has 66 heavy (non-hydrogen) atoms. The Balaban J connectivity index is 0.989. The maximum Gasteiger partial charge on any atom is 0.137 e. The molecule has 0 atom stereocenters. The van der Waals surface area contributed by atoms with E-state index in [4.69, 9.17) is 9.15 Å². The third-order valence-corrected chi connectivity index (χ3v) is 15.9. The van der Waals surface area contributed by atoms with Gasteiger partial charge in [0, 0.05) is 54.8 Å². The SMILES string of the molecule is c1ccc2c(c1)Oc1ccccc1C21c2ccccc2-c2cc(N(c3ccc4c(c3)-c3ccccc3C43c4ccccc4Sc4ccccc43)c3ccc4c(c3)oc3ccccc34)ccc21. The topological polar surface area (TPSA) is 25.6 Å². The third-order valence-electron chi connectivity index (χ3n) is 14.8. The summed E-state index contributed by atoms with van der Waals surface area (Å²) in [6.45, 7) is 0. The van der Waals surface area contributed by atoms with E-state index in [0.29, 0.717) is 0 Å². The molecule has 2 spiro atoms. The molecule has 15 rings (SSSR count). The molecule has 1 aromatic heterocycles. The highest BCUT2D eigenvalue weighted by Gasteiger charge is 2.52. The lowest BCUT2D eigenvalue weighted by Gasteiger charge is -2.39. The van der Waals surface area contributed by atoms with Crippen LogP contribution < -0.4 is 9.64 Å². The number of ether oxygens (including phenoxy) is 1. The number of furan rings is 1. The third kappa shape index (κ3) is 4.59. The highest BCUT2D eigenvalue weighted by atomic mass is 32.2. The molecule has 3 nitrogen and oxygen atoms in total. The first kappa shape index (κ1) is 36.3. The highest BCUT2D eigenvalue weighted by Crippen LogP contribution is 2.64. The summed E-state index contributed by atoms with van der Waals surface area (Å²) in [4.78, 5) is 5.03. The lowest BCUT2D eigenvalue weighted by Crippen LogP contribution is -2.32. The van der Waals surface area contributed by atoms with Crippen molar-refractivity contribution in [1.29, 1.82) is 0 Å². The molecule has 3 heterocycles. The van der Waals surface area contributed by atoms with Gasteiger partial charge in [-0.1, -0.05) is 163 Å². The smallest absolute Gasteiger partial charge is 0.137 e. The number of benzene rings is 10. The molecule has 0 N–H and O–H groups in total. The van der Waals surface area contributed by atoms with Gasteiger partial charge in [-0.2, -0.15) is 0 Å². The van der Waals surface area contributed by atoms with Gasteiger partial charge in [0.2, 0.25) is 0 Å². The minimum absolute atomic E-state index is 0.456. The van der Waals surface area contributed by atoms with E-state index < -0.39 is 10.8 Å². The Hall–Kier alpha value is -8.05. The normalized spacial score (nSPS) is 14.7. The Morgan fingerprint density at radius 3 is 1.35 bits per heavy atom. The summed E-state index contributed by atoms with van der Waals surface area (Å²) in [7, 11) is 0. The van der Waals surface area contributed by atoms with Gasteiger partial charge in [0.05, 0.1) is 10.8 Å². The Bertz CT molecular complexity index is 3590. The van der Waals surface area contributed by atoms with E-state index in [1.54, 1.807) is 0 Å². The lowest BCUT2D eigenvalue weighted by molar-refractivity contribution is 0.436. The molecular formula is C62H37NO2S. The van der Waals surface area contributed by atoms with Crippen LogP contribution in [-0.4, -0.2) is 0 Å². The summed E-state index contributed by atoms with van der Waals surface area (Å²) >= 11 is 1.88. The number of hydrogen-bond acceptors (Lipinski definition) is 4. The van der Waals surface area contributed by atoms with E-state index in [1.807, 2.05) is 17.8 Å². The monoisotopic (exact) mass is 859 g/mol. The standard InChI is InChI=1S/C62H37NO2S/c1-4-18-47-41(15-1)45-35-38(30-33-49(45)61(47)51-20-6-11-25-56(51)65-57-26-12-7-21-52(57)61)63(40-29-32-44-43-17-3-10-24-55(43)64-58(44)37-40)39-31-34-50-46(36-39)42-16-2-5-19-48(42)62(50)53-22-8-13-27-59(53)66-60-28-14-9-23-54(60)62/h1-37H. The van der Waals surface area contributed by atoms with Gasteiger partial charge in [0.25, 0.3) is 0 Å². The van der Waals surface area contributed by atoms with Gasteiger partial charge in [0.15, 0.2) is 0 Å². The Kier molecular flexibility index (Phi) is 7.29. The minimum atomic E-state index is -0.551. The summed E-state index contributed by atoms with van der Waals surface area (Å²) in [5.74, 6) is 1.78. The summed E-state index contributed by atoms with van der Waals surface area (Å²) in [6, 6.07) is 82.5. The fraction of sp³-hybridized carbons (Fsp3) is 0.0323. The lowest BCUT2D eigenvalue weighted by atomic mass is 9.66. The second-order valence-corrected chi connectivity index (χ2v) is 18.9. The van der Waals surface area contributed by atoms with Crippen LogP contribution in [0.15, 0.2) is 239 Å². The van der Waals surface area contributed by atoms with E-state index in [9.17, 15) is 0 Å². The van der Waals surface area contributed by atoms with Gasteiger partial charge in [-0.25, -0.2) is 0 Å². The first-order valence-corrected chi connectivity index (χ1v) is 23.5. The molecule has 0 saturated heterocycles. The van der Waals surface area contributed by atoms with Crippen LogP contribution in [0.1, 0.15) is 44.5 Å². The van der Waals surface area contributed by atoms with Crippen molar-refractivity contribution < 1.29 is 9.15 Å². The first-order chi connectivity index (χ1) is 32.7. The molecular weight excluding hydrogens is 823 g/mol. The van der Waals surface area contributed by atoms with Crippen molar-refractivity contribution in [3.8, 4) is 33.8 Å². The molecule has 0 fully saturated rings. The van der Waals surface area contributed by atoms with Crippen molar-refractivity contribution in [2.24, 2.45) is 0 Å². The quantitative estimate of drug-likeness (QED) is 0.177. The Morgan fingerprint density at radius 2 is 0.742 bits per heavy atom. The van der Waals surface area contributed by atoms with Crippen molar-refractivity contribution in [1.82, 2.24) is 0 Å². The van der Waals surface area contributed by atoms with Gasteiger partial charge in [0.1, 0.15) is 22.7 Å². The predicted molar refractivity (Wildman–Crippen MR) is 267 cm³/mol. The zero-order chi connectivity index (χ0) is 43.1. The second kappa shape index (κ2) is 13.3. The molecule has 11 aromatic rings. The van der Waals surface area contributed by atoms with Gasteiger partial charge in [-0.3, -0.25) is 0 Å². The van der Waals surface area contributed by atoms with Crippen molar-refractivity contribution in [2.45, 2.75) is 20.6 Å². The summed E-state index contributed by atoms with van der Waals surface area (Å²) in [6.07, 6.45) is 0. The number of rotatable bonds is 3. The van der Waals surface area contributed by atoms with Crippen LogP contribution in [0.5, 0.6) is 11.5 Å². The van der Waals surface area contributed by atoms with Crippen LogP contribution in [0.2, 0.25) is 0 Å². The van der Waals surface area contributed by atoms with Gasteiger partial charge in [-0.15, -0.1) is 0 Å². The van der Waals surface area contributed by atoms with Crippen molar-refractivity contribution in [2.75, 3.05) is 4.90 Å². The highest BCUT2D eigenvalue weighted by molar-refractivity contribution is 7.99. The zero-order valence-electron chi connectivity index (χ0n) is 35.5. The molecule has 0 saturated carbocycles. The van der Waals surface area contributed by atoms with Crippen LogP contribution in [0.25, 0.3) is 44.2 Å². The predicted octanol–water partition coefficient (Wildman–Crippen LogP) is 16.4. The van der Waals surface area contributed by atoms with E-state index in [0.717, 1.165) is 61.6 Å². The summed E-state index contributed by atoms with van der Waals surface area (Å²) in [5, 5.41) is 2.22. The van der Waals surface area contributed by atoms with E-state index in [-0.39, 0.29) is 0 Å². The average molecular weight is 860 g/mol. The molecule has 2 aliphatic carbocycles. The number of fused-ring (bicyclic) bond motifs is 21. The molecule has 0 bridgehead atoms. The fourth-order valence-electron chi connectivity index (χ4n) is 12.3. The second-order valence-electron chi connectivity index (χ2n) is 17.9. The average Bonchev–Trinajstić information content (AvgIpc) is 3.99. The van der Waals surface area contributed by atoms with E-state index >= 15 is 0 Å². The number of hydrogen-bond donors (Lipinski definition) is 0. The minimum Gasteiger partial charge on any atom is -0.457 e. The number of para-hydroxylation sites is 3. The summed E-state index contributed by atoms with van der Waals surface area (Å²) < 4.78 is 13.3. The van der Waals surface area contributed by atoms with Crippen molar-refractivity contribution >= 4 is 50.8 Å². The maximum absolute atomic E-state index is 6.65. The van der Waals surface area contributed by atoms with Crippen LogP contribution in [-0.2, 0) is 10.8 Å². The molecule has 4 heteroatoms. The number of anilines is 3. The molecule has 10 aromatic carbocycles. The van der Waals surface area contributed by atoms with Gasteiger partial charge < -0.3 is 14.1 Å². The number of nitrogens with zero attached hydrogens (tertiary/aromatic N) is 1. The van der Waals surface area contributed by atoms with Gasteiger partial charge >= 0.3 is 0 Å². The van der Waals surface area contributed by atoms with Crippen LogP contribution in [0, 0.1) is 0 Å². The first-order valence-electron chi connectivity index (χ1n) is 22.7. The maximum atomic E-state index is 6.65. The summed E-state index contributed by atoms with van der Waals surface area (Å²) in [5.41, 5.74) is 19.0. The van der Waals surface area contributed by atoms with Crippen molar-refractivity contribution in [3.63, 3.8) is 0 Å². The Morgan fingerprint density at radius 1 is 0.318 bits per heavy atom. The molecule has 0 amide bonds. The Labute approximate surface area is 386 Å². The molecule has 2 aliphatic heterocycles. The van der Waals surface area contributed by atoms with Crippen LogP contribution in [0.3, 0.4) is 0 Å². The largest absolute Gasteiger partial charge is 0.457 e. The molecule has 308 valence electrons. The zero-order valence-corrected chi connectivity index (χ0v) is 36.4. The molecule has 0 unspecified atom stereocenters. The fourth-order valence-corrected chi connectivity index (χ4v) is 13.5. The van der Waals surface area contributed by atoms with E-state index in [2.05, 4.69) is 223 Å².